The van der Waals surface area contributed by atoms with E-state index in [2.05, 4.69) is 5.32 Å². The Hall–Kier alpha value is -2.15. The summed E-state index contributed by atoms with van der Waals surface area (Å²) in [6, 6.07) is 0. The quantitative estimate of drug-likeness (QED) is 0.578. The predicted octanol–water partition coefficient (Wildman–Crippen LogP) is 3.63. The maximum atomic E-state index is 12.3. The van der Waals surface area contributed by atoms with E-state index in [0.29, 0.717) is 23.4 Å². The molecule has 1 aromatic rings. The fourth-order valence-corrected chi connectivity index (χ4v) is 4.09. The van der Waals surface area contributed by atoms with Crippen molar-refractivity contribution in [3.8, 4) is 0 Å². The monoisotopic (exact) mass is 379 g/mol. The van der Waals surface area contributed by atoms with Crippen molar-refractivity contribution in [1.29, 1.82) is 0 Å². The largest absolute Gasteiger partial charge is 0.462 e. The molecule has 2 rings (SSSR count). The third-order valence-electron chi connectivity index (χ3n) is 4.24. The second kappa shape index (κ2) is 9.52. The Balaban J connectivity index is 2.00. The number of anilines is 1. The van der Waals surface area contributed by atoms with Gasteiger partial charge in [-0.2, -0.15) is 0 Å². The minimum absolute atomic E-state index is 0.182. The maximum Gasteiger partial charge on any atom is 0.341 e. The second-order valence-electron chi connectivity index (χ2n) is 6.05. The summed E-state index contributed by atoms with van der Waals surface area (Å²) in [7, 11) is 0. The molecule has 6 nitrogen and oxygen atoms in total. The van der Waals surface area contributed by atoms with Crippen LogP contribution in [0.2, 0.25) is 0 Å². The summed E-state index contributed by atoms with van der Waals surface area (Å²) >= 11 is 1.33. The molecular weight excluding hydrogens is 354 g/mol. The van der Waals surface area contributed by atoms with E-state index in [1.54, 1.807) is 6.92 Å². The van der Waals surface area contributed by atoms with E-state index in [1.165, 1.54) is 11.3 Å². The zero-order valence-corrected chi connectivity index (χ0v) is 16.2. The third-order valence-corrected chi connectivity index (χ3v) is 5.31. The van der Waals surface area contributed by atoms with Gasteiger partial charge in [-0.25, -0.2) is 4.79 Å². The highest BCUT2D eigenvalue weighted by molar-refractivity contribution is 7.16. The van der Waals surface area contributed by atoms with Gasteiger partial charge in [0.05, 0.1) is 18.1 Å². The number of rotatable bonds is 7. The van der Waals surface area contributed by atoms with Crippen LogP contribution in [-0.2, 0) is 25.5 Å². The number of carbonyl (C=O) groups is 3. The highest BCUT2D eigenvalue weighted by Crippen LogP contribution is 2.34. The molecular formula is C19H25NO5S. The van der Waals surface area contributed by atoms with Crippen LogP contribution in [0.3, 0.4) is 0 Å². The van der Waals surface area contributed by atoms with Gasteiger partial charge >= 0.3 is 11.9 Å². The lowest BCUT2D eigenvalue weighted by molar-refractivity contribution is -0.151. The molecule has 0 radical (unpaired) electrons. The van der Waals surface area contributed by atoms with E-state index < -0.39 is 11.9 Å². The number of nitrogens with one attached hydrogen (secondary N) is 1. The highest BCUT2D eigenvalue weighted by Gasteiger charge is 2.25. The van der Waals surface area contributed by atoms with Crippen LogP contribution in [0.25, 0.3) is 0 Å². The van der Waals surface area contributed by atoms with E-state index in [4.69, 9.17) is 9.47 Å². The minimum atomic E-state index is -0.459. The normalized spacial score (nSPS) is 16.2. The van der Waals surface area contributed by atoms with Crippen LogP contribution in [0.1, 0.15) is 53.9 Å². The van der Waals surface area contributed by atoms with Gasteiger partial charge in [0, 0.05) is 4.88 Å². The van der Waals surface area contributed by atoms with Crippen molar-refractivity contribution in [1.82, 2.24) is 0 Å². The Morgan fingerprint density at radius 3 is 2.62 bits per heavy atom. The lowest BCUT2D eigenvalue weighted by Crippen LogP contribution is -2.25. The Morgan fingerprint density at radius 1 is 1.23 bits per heavy atom. The van der Waals surface area contributed by atoms with Crippen LogP contribution in [0.5, 0.6) is 0 Å². The van der Waals surface area contributed by atoms with Gasteiger partial charge in [-0.3, -0.25) is 9.59 Å². The summed E-state index contributed by atoms with van der Waals surface area (Å²) in [4.78, 5) is 37.4. The molecule has 1 amide bonds. The van der Waals surface area contributed by atoms with Crippen LogP contribution in [0, 0.1) is 12.8 Å². The molecule has 7 heteroatoms. The molecule has 0 bridgehead atoms. The topological polar surface area (TPSA) is 81.7 Å². The van der Waals surface area contributed by atoms with Gasteiger partial charge in [0.1, 0.15) is 5.00 Å². The number of allylic oxidation sites excluding steroid dienone is 2. The number of hydrogen-bond donors (Lipinski definition) is 1. The predicted molar refractivity (Wildman–Crippen MR) is 100 cm³/mol. The molecule has 0 saturated heterocycles. The summed E-state index contributed by atoms with van der Waals surface area (Å²) < 4.78 is 10.2. The second-order valence-corrected chi connectivity index (χ2v) is 7.28. The van der Waals surface area contributed by atoms with Crippen molar-refractivity contribution in [2.75, 3.05) is 18.5 Å². The zero-order chi connectivity index (χ0) is 19.1. The summed E-state index contributed by atoms with van der Waals surface area (Å²) in [5.41, 5.74) is 1.27. The Kier molecular flexibility index (Phi) is 7.38. The lowest BCUT2D eigenvalue weighted by atomic mass is 9.95. The van der Waals surface area contributed by atoms with Gasteiger partial charge in [-0.15, -0.1) is 11.3 Å². The maximum absolute atomic E-state index is 12.3. The van der Waals surface area contributed by atoms with Crippen molar-refractivity contribution in [3.63, 3.8) is 0 Å². The number of carbonyl (C=O) groups excluding carboxylic acids is 3. The van der Waals surface area contributed by atoms with Crippen molar-refractivity contribution < 1.29 is 23.9 Å². The average Bonchev–Trinajstić information content (AvgIpc) is 2.95. The molecule has 0 aliphatic heterocycles. The van der Waals surface area contributed by atoms with Crippen molar-refractivity contribution in [3.05, 3.63) is 28.2 Å². The van der Waals surface area contributed by atoms with Crippen molar-refractivity contribution in [2.45, 2.75) is 46.5 Å². The van der Waals surface area contributed by atoms with Crippen LogP contribution in [0.4, 0.5) is 5.00 Å². The molecule has 1 aromatic heterocycles. The first kappa shape index (κ1) is 20.2. The van der Waals surface area contributed by atoms with Gasteiger partial charge < -0.3 is 14.8 Å². The minimum Gasteiger partial charge on any atom is -0.462 e. The summed E-state index contributed by atoms with van der Waals surface area (Å²) in [6.07, 6.45) is 6.91. The molecule has 142 valence electrons. The SMILES string of the molecule is CCOC(=O)c1c(NC(=O)COC(=O)[C@H]2CC=CCC2)sc(C)c1CC. The van der Waals surface area contributed by atoms with Crippen LogP contribution >= 0.6 is 11.3 Å². The number of hydrogen-bond acceptors (Lipinski definition) is 6. The van der Waals surface area contributed by atoms with Gasteiger partial charge in [-0.1, -0.05) is 19.1 Å². The summed E-state index contributed by atoms with van der Waals surface area (Å²) in [5, 5.41) is 3.14. The van der Waals surface area contributed by atoms with Crippen molar-refractivity contribution in [2.24, 2.45) is 5.92 Å². The Morgan fingerprint density at radius 2 is 2.00 bits per heavy atom. The molecule has 0 unspecified atom stereocenters. The van der Waals surface area contributed by atoms with Gasteiger partial charge in [0.2, 0.25) is 0 Å². The number of ether oxygens (including phenoxy) is 2. The first-order valence-electron chi connectivity index (χ1n) is 8.88. The first-order chi connectivity index (χ1) is 12.5. The van der Waals surface area contributed by atoms with Crippen LogP contribution < -0.4 is 5.32 Å². The smallest absolute Gasteiger partial charge is 0.341 e. The molecule has 0 fully saturated rings. The standard InChI is InChI=1S/C19H25NO5S/c1-4-14-12(3)26-17(16(14)19(23)24-5-2)20-15(21)11-25-18(22)13-9-7-6-8-10-13/h6-7,13H,4-5,8-11H2,1-3H3,(H,20,21)/t13-/m0/s1. The molecule has 1 N–H and O–H groups in total. The van der Waals surface area contributed by atoms with E-state index in [0.717, 1.165) is 23.3 Å². The van der Waals surface area contributed by atoms with E-state index >= 15 is 0 Å². The number of amides is 1. The van der Waals surface area contributed by atoms with Crippen LogP contribution in [-0.4, -0.2) is 31.1 Å². The summed E-state index contributed by atoms with van der Waals surface area (Å²) in [6.45, 7) is 5.49. The molecule has 0 spiro atoms. The van der Waals surface area contributed by atoms with Gasteiger partial charge in [0.25, 0.3) is 5.91 Å². The molecule has 26 heavy (non-hydrogen) atoms. The number of esters is 2. The molecule has 1 heterocycles. The average molecular weight is 379 g/mol. The van der Waals surface area contributed by atoms with Crippen LogP contribution in [0.15, 0.2) is 12.2 Å². The van der Waals surface area contributed by atoms with E-state index in [9.17, 15) is 14.4 Å². The third kappa shape index (κ3) is 4.94. The lowest BCUT2D eigenvalue weighted by Gasteiger charge is -2.16. The van der Waals surface area contributed by atoms with Gasteiger partial charge in [0.15, 0.2) is 6.61 Å². The number of thiophene rings is 1. The fourth-order valence-electron chi connectivity index (χ4n) is 2.94. The molecule has 1 atom stereocenters. The molecule has 1 aliphatic carbocycles. The molecule has 0 saturated carbocycles. The number of aryl methyl sites for hydroxylation is 1. The van der Waals surface area contributed by atoms with E-state index in [1.807, 2.05) is 26.0 Å². The van der Waals surface area contributed by atoms with Gasteiger partial charge in [-0.05, 0) is 45.1 Å². The summed E-state index contributed by atoms with van der Waals surface area (Å²) in [5.74, 6) is -1.44. The first-order valence-corrected chi connectivity index (χ1v) is 9.70. The zero-order valence-electron chi connectivity index (χ0n) is 15.4. The van der Waals surface area contributed by atoms with Crippen molar-refractivity contribution >= 4 is 34.2 Å². The Labute approximate surface area is 157 Å². The fraction of sp³-hybridized carbons (Fsp3) is 0.526. The van der Waals surface area contributed by atoms with E-state index in [-0.39, 0.29) is 25.1 Å². The molecule has 1 aliphatic rings. The molecule has 0 aromatic carbocycles. The highest BCUT2D eigenvalue weighted by atomic mass is 32.1. The Bertz CT molecular complexity index is 707.